The van der Waals surface area contributed by atoms with Crippen LogP contribution in [0.3, 0.4) is 0 Å². The highest BCUT2D eigenvalue weighted by Crippen LogP contribution is 2.32. The molecule has 1 aliphatic rings. The molecule has 0 aliphatic heterocycles. The number of allylic oxidation sites excluding steroid dienone is 3. The summed E-state index contributed by atoms with van der Waals surface area (Å²) in [4.78, 5) is 0. The molecule has 0 amide bonds. The molecule has 0 nitrogen and oxygen atoms in total. The SMILES string of the molecule is C=C(Cl)C1CCC=C(Cl)C1. The normalized spacial score (nSPS) is 25.8. The summed E-state index contributed by atoms with van der Waals surface area (Å²) in [6.45, 7) is 3.69. The second-order valence-electron chi connectivity index (χ2n) is 2.58. The van der Waals surface area contributed by atoms with Crippen molar-refractivity contribution in [1.82, 2.24) is 0 Å². The molecule has 0 N–H and O–H groups in total. The molecular weight excluding hydrogens is 167 g/mol. The maximum atomic E-state index is 5.82. The Morgan fingerprint density at radius 1 is 1.70 bits per heavy atom. The molecule has 0 fully saturated rings. The minimum atomic E-state index is 0.402. The monoisotopic (exact) mass is 176 g/mol. The Kier molecular flexibility index (Phi) is 2.82. The van der Waals surface area contributed by atoms with E-state index in [9.17, 15) is 0 Å². The van der Waals surface area contributed by atoms with E-state index < -0.39 is 0 Å². The number of hydrogen-bond donors (Lipinski definition) is 0. The van der Waals surface area contributed by atoms with Crippen LogP contribution in [0.4, 0.5) is 0 Å². The fourth-order valence-corrected chi connectivity index (χ4v) is 1.61. The predicted octanol–water partition coefficient (Wildman–Crippen LogP) is 3.66. The van der Waals surface area contributed by atoms with Crippen LogP contribution in [0.2, 0.25) is 0 Å². The van der Waals surface area contributed by atoms with Gasteiger partial charge in [-0.2, -0.15) is 0 Å². The van der Waals surface area contributed by atoms with Crippen LogP contribution < -0.4 is 0 Å². The first kappa shape index (κ1) is 8.16. The van der Waals surface area contributed by atoms with Crippen molar-refractivity contribution in [2.45, 2.75) is 19.3 Å². The van der Waals surface area contributed by atoms with E-state index in [1.54, 1.807) is 0 Å². The molecule has 0 heterocycles. The molecule has 0 aromatic carbocycles. The van der Waals surface area contributed by atoms with E-state index in [0.717, 1.165) is 29.3 Å². The minimum Gasteiger partial charge on any atom is -0.0895 e. The number of halogens is 2. The van der Waals surface area contributed by atoms with Gasteiger partial charge in [0.05, 0.1) is 0 Å². The van der Waals surface area contributed by atoms with E-state index in [1.165, 1.54) is 0 Å². The Morgan fingerprint density at radius 3 is 2.80 bits per heavy atom. The van der Waals surface area contributed by atoms with Gasteiger partial charge < -0.3 is 0 Å². The van der Waals surface area contributed by atoms with E-state index in [1.807, 2.05) is 0 Å². The van der Waals surface area contributed by atoms with Gasteiger partial charge in [-0.15, -0.1) is 0 Å². The van der Waals surface area contributed by atoms with Gasteiger partial charge in [0.15, 0.2) is 0 Å². The van der Waals surface area contributed by atoms with Crippen molar-refractivity contribution < 1.29 is 0 Å². The Bertz CT molecular complexity index is 170. The molecule has 1 rings (SSSR count). The molecule has 0 spiro atoms. The van der Waals surface area contributed by atoms with Gasteiger partial charge in [0.2, 0.25) is 0 Å². The van der Waals surface area contributed by atoms with Crippen LogP contribution in [0.5, 0.6) is 0 Å². The molecule has 1 unspecified atom stereocenters. The van der Waals surface area contributed by atoms with Gasteiger partial charge >= 0.3 is 0 Å². The fraction of sp³-hybridized carbons (Fsp3) is 0.500. The summed E-state index contributed by atoms with van der Waals surface area (Å²) in [5, 5.41) is 1.67. The topological polar surface area (TPSA) is 0 Å². The van der Waals surface area contributed by atoms with Gasteiger partial charge in [-0.25, -0.2) is 0 Å². The van der Waals surface area contributed by atoms with Crippen LogP contribution in [-0.4, -0.2) is 0 Å². The molecule has 0 bridgehead atoms. The zero-order valence-corrected chi connectivity index (χ0v) is 7.25. The summed E-state index contributed by atoms with van der Waals surface area (Å²) >= 11 is 11.6. The molecule has 0 aromatic heterocycles. The molecule has 1 atom stereocenters. The maximum absolute atomic E-state index is 5.82. The van der Waals surface area contributed by atoms with E-state index in [4.69, 9.17) is 23.2 Å². The van der Waals surface area contributed by atoms with E-state index in [-0.39, 0.29) is 0 Å². The van der Waals surface area contributed by atoms with Crippen molar-refractivity contribution in [3.05, 3.63) is 22.7 Å². The van der Waals surface area contributed by atoms with E-state index in [0.29, 0.717) is 5.92 Å². The Balaban J connectivity index is 2.53. The van der Waals surface area contributed by atoms with Gasteiger partial charge in [-0.1, -0.05) is 35.9 Å². The van der Waals surface area contributed by atoms with E-state index in [2.05, 4.69) is 12.7 Å². The standard InChI is InChI=1S/C8H10Cl2/c1-6(9)7-3-2-4-8(10)5-7/h4,7H,1-3,5H2. The third-order valence-corrected chi connectivity index (χ3v) is 2.38. The highest BCUT2D eigenvalue weighted by atomic mass is 35.5. The van der Waals surface area contributed by atoms with Gasteiger partial charge in [-0.3, -0.25) is 0 Å². The third kappa shape index (κ3) is 2.03. The maximum Gasteiger partial charge on any atom is 0.0147 e. The first-order chi connectivity index (χ1) is 4.70. The third-order valence-electron chi connectivity index (χ3n) is 1.77. The quantitative estimate of drug-likeness (QED) is 0.573. The molecule has 0 saturated heterocycles. The van der Waals surface area contributed by atoms with Crippen LogP contribution >= 0.6 is 23.2 Å². The summed E-state index contributed by atoms with van der Waals surface area (Å²) in [6, 6.07) is 0. The van der Waals surface area contributed by atoms with Gasteiger partial charge in [0.25, 0.3) is 0 Å². The lowest BCUT2D eigenvalue weighted by Gasteiger charge is -2.17. The fourth-order valence-electron chi connectivity index (χ4n) is 1.13. The largest absolute Gasteiger partial charge is 0.0895 e. The van der Waals surface area contributed by atoms with Crippen molar-refractivity contribution in [3.8, 4) is 0 Å². The number of hydrogen-bond acceptors (Lipinski definition) is 0. The molecular formula is C8H10Cl2. The Morgan fingerprint density at radius 2 is 2.40 bits per heavy atom. The molecule has 10 heavy (non-hydrogen) atoms. The summed E-state index contributed by atoms with van der Waals surface area (Å²) in [5.41, 5.74) is 0. The average molecular weight is 177 g/mol. The van der Waals surface area contributed by atoms with Crippen LogP contribution in [0.1, 0.15) is 19.3 Å². The lowest BCUT2D eigenvalue weighted by atomic mass is 9.94. The molecule has 1 aliphatic carbocycles. The zero-order chi connectivity index (χ0) is 7.56. The average Bonchev–Trinajstić information content (AvgIpc) is 1.88. The van der Waals surface area contributed by atoms with Crippen LogP contribution in [0.15, 0.2) is 22.7 Å². The predicted molar refractivity (Wildman–Crippen MR) is 46.3 cm³/mol. The highest BCUT2D eigenvalue weighted by Gasteiger charge is 2.15. The molecule has 0 radical (unpaired) electrons. The first-order valence-electron chi connectivity index (χ1n) is 3.39. The van der Waals surface area contributed by atoms with Crippen molar-refractivity contribution in [1.29, 1.82) is 0 Å². The Hall–Kier alpha value is 0.0600. The highest BCUT2D eigenvalue weighted by molar-refractivity contribution is 6.31. The van der Waals surface area contributed by atoms with Crippen molar-refractivity contribution in [2.75, 3.05) is 0 Å². The van der Waals surface area contributed by atoms with Gasteiger partial charge in [0, 0.05) is 10.1 Å². The first-order valence-corrected chi connectivity index (χ1v) is 4.14. The molecule has 0 saturated carbocycles. The second-order valence-corrected chi connectivity index (χ2v) is 3.55. The molecule has 2 heteroatoms. The summed E-state index contributed by atoms with van der Waals surface area (Å²) in [5.74, 6) is 0.402. The molecule has 56 valence electrons. The molecule has 0 aromatic rings. The van der Waals surface area contributed by atoms with Crippen LogP contribution in [-0.2, 0) is 0 Å². The Labute approximate surface area is 71.5 Å². The van der Waals surface area contributed by atoms with Crippen LogP contribution in [0.25, 0.3) is 0 Å². The second kappa shape index (κ2) is 3.45. The van der Waals surface area contributed by atoms with E-state index >= 15 is 0 Å². The summed E-state index contributed by atoms with van der Waals surface area (Å²) in [6.07, 6.45) is 5.07. The van der Waals surface area contributed by atoms with Gasteiger partial charge in [-0.05, 0) is 25.2 Å². The van der Waals surface area contributed by atoms with Crippen LogP contribution in [0, 0.1) is 5.92 Å². The van der Waals surface area contributed by atoms with Gasteiger partial charge in [0.1, 0.15) is 0 Å². The lowest BCUT2D eigenvalue weighted by Crippen LogP contribution is -2.03. The smallest absolute Gasteiger partial charge is 0.0147 e. The summed E-state index contributed by atoms with van der Waals surface area (Å²) in [7, 11) is 0. The van der Waals surface area contributed by atoms with Crippen molar-refractivity contribution in [3.63, 3.8) is 0 Å². The lowest BCUT2D eigenvalue weighted by molar-refractivity contribution is 0.569. The van der Waals surface area contributed by atoms with Crippen molar-refractivity contribution >= 4 is 23.2 Å². The van der Waals surface area contributed by atoms with Crippen molar-refractivity contribution in [2.24, 2.45) is 5.92 Å². The summed E-state index contributed by atoms with van der Waals surface area (Å²) < 4.78 is 0. The zero-order valence-electron chi connectivity index (χ0n) is 5.74. The number of rotatable bonds is 1. The minimum absolute atomic E-state index is 0.402.